The van der Waals surface area contributed by atoms with E-state index in [-0.39, 0.29) is 6.61 Å². The van der Waals surface area contributed by atoms with Crippen LogP contribution in [0, 0.1) is 0 Å². The number of hydrogen-bond acceptors (Lipinski definition) is 4. The number of hydrogen-bond donors (Lipinski definition) is 3. The molecule has 0 atom stereocenters. The molecule has 0 fully saturated rings. The van der Waals surface area contributed by atoms with Crippen LogP contribution in [0.5, 0.6) is 0 Å². The van der Waals surface area contributed by atoms with Crippen LogP contribution in [0.2, 0.25) is 0 Å². The van der Waals surface area contributed by atoms with Gasteiger partial charge in [-0.25, -0.2) is 4.79 Å². The number of amides is 1. The minimum atomic E-state index is -0.517. The summed E-state index contributed by atoms with van der Waals surface area (Å²) in [5, 5.41) is 2.72. The third-order valence-corrected chi connectivity index (χ3v) is 3.73. The number of anilines is 3. The van der Waals surface area contributed by atoms with Crippen molar-refractivity contribution in [1.29, 1.82) is 0 Å². The minimum Gasteiger partial charge on any atom is -0.444 e. The fraction of sp³-hybridized carbons (Fsp3) is 0.0500. The molecule has 0 aliphatic heterocycles. The number of carbonyl (C=O) groups is 1. The van der Waals surface area contributed by atoms with E-state index in [4.69, 9.17) is 16.2 Å². The molecule has 0 bridgehead atoms. The molecule has 0 unspecified atom stereocenters. The highest BCUT2D eigenvalue weighted by Gasteiger charge is 2.08. The molecule has 3 aromatic rings. The van der Waals surface area contributed by atoms with Gasteiger partial charge in [-0.3, -0.25) is 5.32 Å². The zero-order chi connectivity index (χ0) is 17.6. The number of carbonyl (C=O) groups excluding carboxylic acids is 1. The molecule has 0 aliphatic carbocycles. The zero-order valence-corrected chi connectivity index (χ0v) is 13.6. The number of nitrogen functional groups attached to an aromatic ring is 2. The van der Waals surface area contributed by atoms with Crippen molar-refractivity contribution in [3.8, 4) is 11.1 Å². The lowest BCUT2D eigenvalue weighted by Crippen LogP contribution is -2.13. The topological polar surface area (TPSA) is 90.4 Å². The van der Waals surface area contributed by atoms with Gasteiger partial charge in [0.25, 0.3) is 0 Å². The van der Waals surface area contributed by atoms with Gasteiger partial charge < -0.3 is 16.2 Å². The Bertz CT molecular complexity index is 862. The Morgan fingerprint density at radius 3 is 2.36 bits per heavy atom. The Morgan fingerprint density at radius 2 is 1.64 bits per heavy atom. The van der Waals surface area contributed by atoms with Crippen molar-refractivity contribution in [2.24, 2.45) is 0 Å². The second-order valence-corrected chi connectivity index (χ2v) is 5.61. The van der Waals surface area contributed by atoms with Crippen LogP contribution in [-0.2, 0) is 11.3 Å². The van der Waals surface area contributed by atoms with Crippen molar-refractivity contribution < 1.29 is 9.53 Å². The van der Waals surface area contributed by atoms with Crippen LogP contribution in [0.25, 0.3) is 11.1 Å². The second-order valence-electron chi connectivity index (χ2n) is 5.61. The highest BCUT2D eigenvalue weighted by Crippen LogP contribution is 2.29. The molecule has 5 nitrogen and oxygen atoms in total. The molecule has 0 aromatic heterocycles. The van der Waals surface area contributed by atoms with Gasteiger partial charge in [0, 0.05) is 22.6 Å². The normalized spacial score (nSPS) is 10.2. The van der Waals surface area contributed by atoms with Crippen molar-refractivity contribution in [3.63, 3.8) is 0 Å². The van der Waals surface area contributed by atoms with E-state index >= 15 is 0 Å². The summed E-state index contributed by atoms with van der Waals surface area (Å²) in [6, 6.07) is 22.2. The lowest BCUT2D eigenvalue weighted by atomic mass is 10.0. The van der Waals surface area contributed by atoms with Gasteiger partial charge in [0.2, 0.25) is 0 Å². The SMILES string of the molecule is Nc1ccc(-c2cc(NC(=O)OCc3ccccc3)ccc2N)cc1. The molecule has 0 saturated carbocycles. The van der Waals surface area contributed by atoms with Gasteiger partial charge in [0.1, 0.15) is 6.61 Å². The fourth-order valence-electron chi connectivity index (χ4n) is 2.42. The number of nitrogens with one attached hydrogen (secondary N) is 1. The third-order valence-electron chi connectivity index (χ3n) is 3.73. The molecular weight excluding hydrogens is 314 g/mol. The van der Waals surface area contributed by atoms with Crippen LogP contribution in [0.3, 0.4) is 0 Å². The van der Waals surface area contributed by atoms with E-state index in [1.165, 1.54) is 0 Å². The highest BCUT2D eigenvalue weighted by atomic mass is 16.5. The van der Waals surface area contributed by atoms with E-state index in [9.17, 15) is 4.79 Å². The molecule has 0 radical (unpaired) electrons. The maximum absolute atomic E-state index is 12.0. The van der Waals surface area contributed by atoms with Crippen molar-refractivity contribution in [3.05, 3.63) is 78.4 Å². The molecule has 0 heterocycles. The molecular formula is C20H19N3O2. The molecule has 5 N–H and O–H groups in total. The smallest absolute Gasteiger partial charge is 0.411 e. The van der Waals surface area contributed by atoms with Gasteiger partial charge in [0.05, 0.1) is 0 Å². The van der Waals surface area contributed by atoms with Crippen LogP contribution in [-0.4, -0.2) is 6.09 Å². The average molecular weight is 333 g/mol. The van der Waals surface area contributed by atoms with Gasteiger partial charge in [-0.1, -0.05) is 42.5 Å². The van der Waals surface area contributed by atoms with Crippen molar-refractivity contribution in [2.45, 2.75) is 6.61 Å². The first-order valence-electron chi connectivity index (χ1n) is 7.85. The Morgan fingerprint density at radius 1 is 0.920 bits per heavy atom. The molecule has 3 aromatic carbocycles. The standard InChI is InChI=1S/C20H19N3O2/c21-16-8-6-15(7-9-16)18-12-17(10-11-19(18)22)23-20(24)25-13-14-4-2-1-3-5-14/h1-12H,13,21-22H2,(H,23,24). The van der Waals surface area contributed by atoms with E-state index < -0.39 is 6.09 Å². The number of nitrogens with two attached hydrogens (primary N) is 2. The van der Waals surface area contributed by atoms with E-state index in [2.05, 4.69) is 5.32 Å². The van der Waals surface area contributed by atoms with Crippen molar-refractivity contribution >= 4 is 23.2 Å². The summed E-state index contributed by atoms with van der Waals surface area (Å²) in [6.45, 7) is 0.215. The average Bonchev–Trinajstić information content (AvgIpc) is 2.63. The summed E-state index contributed by atoms with van der Waals surface area (Å²) in [4.78, 5) is 12.0. The molecule has 3 rings (SSSR count). The molecule has 0 spiro atoms. The first-order valence-corrected chi connectivity index (χ1v) is 7.85. The van der Waals surface area contributed by atoms with Crippen LogP contribution in [0.15, 0.2) is 72.8 Å². The predicted octanol–water partition coefficient (Wildman–Crippen LogP) is 4.27. The van der Waals surface area contributed by atoms with Gasteiger partial charge in [0.15, 0.2) is 0 Å². The lowest BCUT2D eigenvalue weighted by Gasteiger charge is -2.11. The summed E-state index contributed by atoms with van der Waals surface area (Å²) in [5.41, 5.74) is 16.3. The second kappa shape index (κ2) is 7.40. The molecule has 0 saturated heterocycles. The maximum atomic E-state index is 12.0. The molecule has 5 heteroatoms. The van der Waals surface area contributed by atoms with Crippen molar-refractivity contribution in [2.75, 3.05) is 16.8 Å². The lowest BCUT2D eigenvalue weighted by molar-refractivity contribution is 0.155. The van der Waals surface area contributed by atoms with Crippen LogP contribution in [0.1, 0.15) is 5.56 Å². The Labute approximate surface area is 146 Å². The monoisotopic (exact) mass is 333 g/mol. The molecule has 25 heavy (non-hydrogen) atoms. The van der Waals surface area contributed by atoms with Crippen LogP contribution in [0.4, 0.5) is 21.9 Å². The van der Waals surface area contributed by atoms with E-state index in [1.807, 2.05) is 60.7 Å². The molecule has 1 amide bonds. The van der Waals surface area contributed by atoms with E-state index in [0.29, 0.717) is 17.1 Å². The summed E-state index contributed by atoms with van der Waals surface area (Å²) in [7, 11) is 0. The zero-order valence-electron chi connectivity index (χ0n) is 13.6. The summed E-state index contributed by atoms with van der Waals surface area (Å²) in [6.07, 6.45) is -0.517. The maximum Gasteiger partial charge on any atom is 0.411 e. The minimum absolute atomic E-state index is 0.215. The van der Waals surface area contributed by atoms with Crippen molar-refractivity contribution in [1.82, 2.24) is 0 Å². The summed E-state index contributed by atoms with van der Waals surface area (Å²) >= 11 is 0. The van der Waals surface area contributed by atoms with Gasteiger partial charge in [-0.05, 0) is 41.5 Å². The fourth-order valence-corrected chi connectivity index (χ4v) is 2.42. The quantitative estimate of drug-likeness (QED) is 0.622. The number of rotatable bonds is 4. The Kier molecular flexibility index (Phi) is 4.85. The third kappa shape index (κ3) is 4.29. The van der Waals surface area contributed by atoms with Gasteiger partial charge >= 0.3 is 6.09 Å². The van der Waals surface area contributed by atoms with Gasteiger partial charge in [-0.15, -0.1) is 0 Å². The van der Waals surface area contributed by atoms with E-state index in [0.717, 1.165) is 16.7 Å². The molecule has 0 aliphatic rings. The largest absolute Gasteiger partial charge is 0.444 e. The number of benzene rings is 3. The molecule has 126 valence electrons. The summed E-state index contributed by atoms with van der Waals surface area (Å²) in [5.74, 6) is 0. The van der Waals surface area contributed by atoms with E-state index in [1.54, 1.807) is 12.1 Å². The van der Waals surface area contributed by atoms with Gasteiger partial charge in [-0.2, -0.15) is 0 Å². The Hall–Kier alpha value is -3.47. The highest BCUT2D eigenvalue weighted by molar-refractivity contribution is 5.88. The number of ether oxygens (including phenoxy) is 1. The summed E-state index contributed by atoms with van der Waals surface area (Å²) < 4.78 is 5.23. The predicted molar refractivity (Wildman–Crippen MR) is 101 cm³/mol. The van der Waals surface area contributed by atoms with Crippen LogP contribution < -0.4 is 16.8 Å². The Balaban J connectivity index is 1.69. The first-order chi connectivity index (χ1) is 12.1. The van der Waals surface area contributed by atoms with Crippen LogP contribution >= 0.6 is 0 Å². The first kappa shape index (κ1) is 16.4.